The zero-order valence-corrected chi connectivity index (χ0v) is 21.8. The van der Waals surface area contributed by atoms with E-state index in [1.54, 1.807) is 38.2 Å². The minimum absolute atomic E-state index is 0.113. The zero-order chi connectivity index (χ0) is 27.3. The second kappa shape index (κ2) is 11.7. The van der Waals surface area contributed by atoms with E-state index in [-0.39, 0.29) is 24.5 Å². The van der Waals surface area contributed by atoms with Gasteiger partial charge in [0, 0.05) is 42.3 Å². The first-order chi connectivity index (χ1) is 18.1. The Kier molecular flexibility index (Phi) is 8.43. The quantitative estimate of drug-likeness (QED) is 0.265. The molecule has 0 spiro atoms. The van der Waals surface area contributed by atoms with E-state index < -0.39 is 23.5 Å². The van der Waals surface area contributed by atoms with Crippen LogP contribution in [0.4, 0.5) is 4.39 Å². The SMILES string of the molecule is CCOC(=O)/C(=C\N1CC(C)(O)C1)C[C@@H](Cc1ccc(-c2cc(Cl)ccc2F)cc1)NC(=O)c1cn[nH]n1. The van der Waals surface area contributed by atoms with Gasteiger partial charge in [0.05, 0.1) is 24.0 Å². The van der Waals surface area contributed by atoms with Crippen LogP contribution in [-0.2, 0) is 16.0 Å². The highest BCUT2D eigenvalue weighted by Gasteiger charge is 2.35. The molecule has 1 aliphatic heterocycles. The number of nitrogens with zero attached hydrogens (tertiary/aromatic N) is 3. The fourth-order valence-corrected chi connectivity index (χ4v) is 4.56. The first-order valence-electron chi connectivity index (χ1n) is 12.2. The van der Waals surface area contributed by atoms with Crippen molar-refractivity contribution < 1.29 is 23.8 Å². The molecule has 2 heterocycles. The van der Waals surface area contributed by atoms with Gasteiger partial charge in [0.1, 0.15) is 5.82 Å². The van der Waals surface area contributed by atoms with Gasteiger partial charge in [-0.3, -0.25) is 4.79 Å². The second-order valence-electron chi connectivity index (χ2n) is 9.53. The molecule has 1 saturated heterocycles. The molecule has 4 rings (SSSR count). The molecule has 38 heavy (non-hydrogen) atoms. The number of aromatic amines is 1. The Balaban J connectivity index is 1.56. The number of carbonyl (C=O) groups is 2. The monoisotopic (exact) mass is 541 g/mol. The summed E-state index contributed by atoms with van der Waals surface area (Å²) in [5.74, 6) is -1.32. The Hall–Kier alpha value is -3.76. The highest BCUT2D eigenvalue weighted by atomic mass is 35.5. The van der Waals surface area contributed by atoms with Crippen molar-refractivity contribution in [1.82, 2.24) is 25.6 Å². The van der Waals surface area contributed by atoms with E-state index in [1.807, 2.05) is 17.0 Å². The molecular weight excluding hydrogens is 513 g/mol. The molecule has 1 aliphatic rings. The van der Waals surface area contributed by atoms with Crippen LogP contribution in [0.25, 0.3) is 11.1 Å². The van der Waals surface area contributed by atoms with Crippen molar-refractivity contribution in [3.05, 3.63) is 82.5 Å². The van der Waals surface area contributed by atoms with Crippen molar-refractivity contribution in [2.75, 3.05) is 19.7 Å². The molecule has 1 aromatic heterocycles. The smallest absolute Gasteiger partial charge is 0.335 e. The van der Waals surface area contributed by atoms with Crippen molar-refractivity contribution in [3.8, 4) is 11.1 Å². The van der Waals surface area contributed by atoms with Crippen molar-refractivity contribution in [3.63, 3.8) is 0 Å². The van der Waals surface area contributed by atoms with Gasteiger partial charge in [-0.25, -0.2) is 9.18 Å². The number of carbonyl (C=O) groups excluding carboxylic acids is 2. The summed E-state index contributed by atoms with van der Waals surface area (Å²) >= 11 is 6.04. The van der Waals surface area contributed by atoms with Crippen LogP contribution in [0, 0.1) is 5.82 Å². The topological polar surface area (TPSA) is 120 Å². The molecule has 3 aromatic rings. The number of nitrogens with one attached hydrogen (secondary N) is 2. The molecule has 0 unspecified atom stereocenters. The van der Waals surface area contributed by atoms with E-state index >= 15 is 0 Å². The summed E-state index contributed by atoms with van der Waals surface area (Å²) in [7, 11) is 0. The van der Waals surface area contributed by atoms with E-state index in [4.69, 9.17) is 16.3 Å². The molecule has 0 saturated carbocycles. The molecule has 200 valence electrons. The van der Waals surface area contributed by atoms with Crippen LogP contribution in [0.5, 0.6) is 0 Å². The molecule has 2 aromatic carbocycles. The third kappa shape index (κ3) is 6.96. The summed E-state index contributed by atoms with van der Waals surface area (Å²) in [4.78, 5) is 27.4. The molecule has 9 nitrogen and oxygen atoms in total. The Morgan fingerprint density at radius 2 is 2.03 bits per heavy atom. The Labute approximate surface area is 224 Å². The number of β-amino-alcohol motifs (C(OH)–C–C–N with tert-alkyl or cyclic N) is 1. The van der Waals surface area contributed by atoms with Gasteiger partial charge in [0.25, 0.3) is 5.91 Å². The average Bonchev–Trinajstić information content (AvgIpc) is 3.40. The van der Waals surface area contributed by atoms with E-state index in [2.05, 4.69) is 20.7 Å². The Bertz CT molecular complexity index is 1300. The Morgan fingerprint density at radius 3 is 2.66 bits per heavy atom. The molecule has 3 N–H and O–H groups in total. The summed E-state index contributed by atoms with van der Waals surface area (Å²) in [6.07, 6.45) is 3.53. The van der Waals surface area contributed by atoms with Gasteiger partial charge in [-0.05, 0) is 49.6 Å². The van der Waals surface area contributed by atoms with Crippen LogP contribution < -0.4 is 5.32 Å². The maximum absolute atomic E-state index is 14.3. The number of esters is 1. The van der Waals surface area contributed by atoms with Gasteiger partial charge in [0.15, 0.2) is 5.69 Å². The van der Waals surface area contributed by atoms with Crippen LogP contribution >= 0.6 is 11.6 Å². The number of hydrogen-bond acceptors (Lipinski definition) is 7. The minimum atomic E-state index is -0.818. The van der Waals surface area contributed by atoms with Crippen LogP contribution in [0.1, 0.15) is 36.3 Å². The first kappa shape index (κ1) is 27.3. The fraction of sp³-hybridized carbons (Fsp3) is 0.333. The van der Waals surface area contributed by atoms with Crippen molar-refractivity contribution in [1.29, 1.82) is 0 Å². The lowest BCUT2D eigenvalue weighted by molar-refractivity contribution is -0.139. The summed E-state index contributed by atoms with van der Waals surface area (Å²) in [5, 5.41) is 23.4. The van der Waals surface area contributed by atoms with Crippen molar-refractivity contribution in [2.45, 2.75) is 38.3 Å². The number of halogens is 2. The first-order valence-corrected chi connectivity index (χ1v) is 12.6. The number of aliphatic hydroxyl groups is 1. The number of benzene rings is 2. The standard InChI is InChI=1S/C27H29ClFN5O4/c1-3-38-26(36)19(14-34-15-27(2,37)16-34)11-21(31-25(35)24-13-30-33-32-24)10-17-4-6-18(7-5-17)22-12-20(28)8-9-23(22)29/h4-9,12-14,21,37H,3,10-11,15-16H2,1-2H3,(H,31,35)(H,30,32,33)/b19-14-/t21-/m1/s1. The number of aromatic nitrogens is 3. The molecule has 0 bridgehead atoms. The predicted molar refractivity (Wildman–Crippen MR) is 140 cm³/mol. The van der Waals surface area contributed by atoms with Crippen LogP contribution in [0.15, 0.2) is 60.4 Å². The zero-order valence-electron chi connectivity index (χ0n) is 21.1. The molecule has 0 radical (unpaired) electrons. The number of hydrogen-bond donors (Lipinski definition) is 3. The molecule has 11 heteroatoms. The summed E-state index contributed by atoms with van der Waals surface area (Å²) in [5.41, 5.74) is 1.57. The van der Waals surface area contributed by atoms with Crippen LogP contribution in [0.3, 0.4) is 0 Å². The lowest BCUT2D eigenvalue weighted by atomic mass is 9.95. The summed E-state index contributed by atoms with van der Waals surface area (Å²) in [6, 6.07) is 11.1. The Morgan fingerprint density at radius 1 is 1.29 bits per heavy atom. The van der Waals surface area contributed by atoms with Crippen LogP contribution in [0.2, 0.25) is 5.02 Å². The van der Waals surface area contributed by atoms with E-state index in [0.717, 1.165) is 5.56 Å². The molecular formula is C27H29ClFN5O4. The second-order valence-corrected chi connectivity index (χ2v) is 9.97. The number of amides is 1. The summed E-state index contributed by atoms with van der Waals surface area (Å²) in [6.45, 7) is 4.41. The predicted octanol–water partition coefficient (Wildman–Crippen LogP) is 3.51. The van der Waals surface area contributed by atoms with E-state index in [0.29, 0.717) is 41.2 Å². The van der Waals surface area contributed by atoms with Gasteiger partial charge in [-0.1, -0.05) is 35.9 Å². The third-order valence-corrected chi connectivity index (χ3v) is 6.32. The van der Waals surface area contributed by atoms with Crippen molar-refractivity contribution in [2.24, 2.45) is 0 Å². The van der Waals surface area contributed by atoms with Gasteiger partial charge in [-0.15, -0.1) is 0 Å². The maximum Gasteiger partial charge on any atom is 0.335 e. The average molecular weight is 542 g/mol. The highest BCUT2D eigenvalue weighted by Crippen LogP contribution is 2.27. The number of ether oxygens (including phenoxy) is 1. The van der Waals surface area contributed by atoms with E-state index in [9.17, 15) is 19.1 Å². The van der Waals surface area contributed by atoms with E-state index in [1.165, 1.54) is 18.3 Å². The van der Waals surface area contributed by atoms with Gasteiger partial charge >= 0.3 is 5.97 Å². The van der Waals surface area contributed by atoms with Gasteiger partial charge in [0.2, 0.25) is 0 Å². The third-order valence-electron chi connectivity index (χ3n) is 6.09. The fourth-order valence-electron chi connectivity index (χ4n) is 4.39. The number of H-pyrrole nitrogens is 1. The van der Waals surface area contributed by atoms with Crippen LogP contribution in [-0.4, -0.2) is 68.6 Å². The number of rotatable bonds is 10. The highest BCUT2D eigenvalue weighted by molar-refractivity contribution is 6.30. The molecule has 1 atom stereocenters. The van der Waals surface area contributed by atoms with Gasteiger partial charge < -0.3 is 20.1 Å². The largest absolute Gasteiger partial charge is 0.463 e. The normalized spacial score (nSPS) is 15.5. The molecule has 1 amide bonds. The minimum Gasteiger partial charge on any atom is -0.463 e. The number of likely N-dealkylation sites (tertiary alicyclic amines) is 1. The van der Waals surface area contributed by atoms with Gasteiger partial charge in [-0.2, -0.15) is 15.4 Å². The molecule has 1 fully saturated rings. The molecule has 0 aliphatic carbocycles. The lowest BCUT2D eigenvalue weighted by Crippen LogP contribution is -2.57. The van der Waals surface area contributed by atoms with Crippen molar-refractivity contribution >= 4 is 23.5 Å². The summed E-state index contributed by atoms with van der Waals surface area (Å²) < 4.78 is 19.6. The maximum atomic E-state index is 14.3. The lowest BCUT2D eigenvalue weighted by Gasteiger charge is -2.44.